The number of ether oxygens (including phenoxy) is 1. The van der Waals surface area contributed by atoms with E-state index < -0.39 is 0 Å². The zero-order valence-electron chi connectivity index (χ0n) is 11.0. The summed E-state index contributed by atoms with van der Waals surface area (Å²) in [6.07, 6.45) is 1.54. The van der Waals surface area contributed by atoms with Gasteiger partial charge in [0, 0.05) is 12.6 Å². The Morgan fingerprint density at radius 3 is 2.61 bits per heavy atom. The normalized spacial score (nSPS) is 11.9. The Morgan fingerprint density at radius 2 is 2.06 bits per heavy atom. The van der Waals surface area contributed by atoms with Gasteiger partial charge in [-0.25, -0.2) is 0 Å². The summed E-state index contributed by atoms with van der Waals surface area (Å²) in [5, 5.41) is 11.5. The minimum atomic E-state index is -0.171. The second-order valence-corrected chi connectivity index (χ2v) is 4.27. The lowest BCUT2D eigenvalue weighted by atomic mass is 10.2. The van der Waals surface area contributed by atoms with Gasteiger partial charge in [-0.3, -0.25) is 4.79 Å². The maximum atomic E-state index is 11.5. The quantitative estimate of drug-likeness (QED) is 0.772. The van der Waals surface area contributed by atoms with Crippen LogP contribution in [0.2, 0.25) is 0 Å². The van der Waals surface area contributed by atoms with Crippen LogP contribution in [0, 0.1) is 0 Å². The molecule has 0 aromatic heterocycles. The zero-order valence-corrected chi connectivity index (χ0v) is 11.0. The molecule has 1 rings (SSSR count). The molecule has 0 spiro atoms. The molecule has 0 radical (unpaired) electrons. The highest BCUT2D eigenvalue weighted by Gasteiger charge is 2.07. The molecule has 100 valence electrons. The average molecular weight is 251 g/mol. The van der Waals surface area contributed by atoms with Crippen LogP contribution in [0.1, 0.15) is 25.8 Å². The van der Waals surface area contributed by atoms with Crippen LogP contribution in [0.25, 0.3) is 0 Å². The predicted molar refractivity (Wildman–Crippen MR) is 70.6 cm³/mol. The molecule has 0 heterocycles. The average Bonchev–Trinajstić information content (AvgIpc) is 2.37. The van der Waals surface area contributed by atoms with Gasteiger partial charge in [-0.15, -0.1) is 0 Å². The van der Waals surface area contributed by atoms with Crippen LogP contribution in [0.15, 0.2) is 24.3 Å². The number of aryl methyl sites for hydroxylation is 1. The summed E-state index contributed by atoms with van der Waals surface area (Å²) in [7, 11) is 0. The molecule has 0 fully saturated rings. The SMILES string of the molecule is CCc1ccc(OCC(=O)NC(C)CCO)cc1. The summed E-state index contributed by atoms with van der Waals surface area (Å²) in [5.41, 5.74) is 1.24. The van der Waals surface area contributed by atoms with Gasteiger partial charge >= 0.3 is 0 Å². The van der Waals surface area contributed by atoms with E-state index in [4.69, 9.17) is 9.84 Å². The molecule has 0 bridgehead atoms. The summed E-state index contributed by atoms with van der Waals surface area (Å²) in [4.78, 5) is 11.5. The highest BCUT2D eigenvalue weighted by molar-refractivity contribution is 5.77. The third kappa shape index (κ3) is 5.19. The molecule has 1 aromatic rings. The fourth-order valence-electron chi connectivity index (χ4n) is 1.55. The molecule has 0 saturated carbocycles. The van der Waals surface area contributed by atoms with Crippen molar-refractivity contribution in [2.45, 2.75) is 32.7 Å². The minimum absolute atomic E-state index is 0.00123. The fourth-order valence-corrected chi connectivity index (χ4v) is 1.55. The third-order valence-electron chi connectivity index (χ3n) is 2.67. The lowest BCUT2D eigenvalue weighted by molar-refractivity contribution is -0.123. The number of aliphatic hydroxyl groups is 1. The Kier molecular flexibility index (Phi) is 6.22. The van der Waals surface area contributed by atoms with Gasteiger partial charge in [-0.2, -0.15) is 0 Å². The molecule has 1 atom stereocenters. The number of hydrogen-bond acceptors (Lipinski definition) is 3. The summed E-state index contributed by atoms with van der Waals surface area (Å²) in [5.74, 6) is 0.521. The number of nitrogens with one attached hydrogen (secondary N) is 1. The second-order valence-electron chi connectivity index (χ2n) is 4.27. The molecule has 0 aliphatic heterocycles. The van der Waals surface area contributed by atoms with Crippen molar-refractivity contribution >= 4 is 5.91 Å². The van der Waals surface area contributed by atoms with Crippen LogP contribution in [0.3, 0.4) is 0 Å². The minimum Gasteiger partial charge on any atom is -0.484 e. The standard InChI is InChI=1S/C14H21NO3/c1-3-12-4-6-13(7-5-12)18-10-14(17)15-11(2)8-9-16/h4-7,11,16H,3,8-10H2,1-2H3,(H,15,17). The molecule has 1 unspecified atom stereocenters. The van der Waals surface area contributed by atoms with Crippen molar-refractivity contribution in [1.29, 1.82) is 0 Å². The lowest BCUT2D eigenvalue weighted by Gasteiger charge is -2.13. The number of aliphatic hydroxyl groups excluding tert-OH is 1. The van der Waals surface area contributed by atoms with Crippen molar-refractivity contribution in [3.63, 3.8) is 0 Å². The summed E-state index contributed by atoms with van der Waals surface area (Å²) in [6.45, 7) is 4.01. The third-order valence-corrected chi connectivity index (χ3v) is 2.67. The topological polar surface area (TPSA) is 58.6 Å². The van der Waals surface area contributed by atoms with E-state index in [0.29, 0.717) is 12.2 Å². The Labute approximate surface area is 108 Å². The number of benzene rings is 1. The fraction of sp³-hybridized carbons (Fsp3) is 0.500. The van der Waals surface area contributed by atoms with E-state index in [1.54, 1.807) is 0 Å². The van der Waals surface area contributed by atoms with Crippen LogP contribution in [0.5, 0.6) is 5.75 Å². The highest BCUT2D eigenvalue weighted by atomic mass is 16.5. The van der Waals surface area contributed by atoms with Gasteiger partial charge in [0.1, 0.15) is 5.75 Å². The number of hydrogen-bond donors (Lipinski definition) is 2. The molecule has 2 N–H and O–H groups in total. The molecular formula is C14H21NO3. The van der Waals surface area contributed by atoms with Crippen LogP contribution in [0.4, 0.5) is 0 Å². The monoisotopic (exact) mass is 251 g/mol. The van der Waals surface area contributed by atoms with Crippen molar-refractivity contribution < 1.29 is 14.6 Å². The van der Waals surface area contributed by atoms with Gasteiger partial charge in [0.25, 0.3) is 5.91 Å². The van der Waals surface area contributed by atoms with Crippen LogP contribution in [-0.4, -0.2) is 30.3 Å². The Bertz CT molecular complexity index is 362. The number of carbonyl (C=O) groups excluding carboxylic acids is 1. The lowest BCUT2D eigenvalue weighted by Crippen LogP contribution is -2.36. The van der Waals surface area contributed by atoms with Crippen LogP contribution < -0.4 is 10.1 Å². The van der Waals surface area contributed by atoms with Crippen molar-refractivity contribution in [1.82, 2.24) is 5.32 Å². The molecular weight excluding hydrogens is 230 g/mol. The van der Waals surface area contributed by atoms with Crippen molar-refractivity contribution in [2.75, 3.05) is 13.2 Å². The second kappa shape index (κ2) is 7.71. The van der Waals surface area contributed by atoms with Crippen molar-refractivity contribution in [2.24, 2.45) is 0 Å². The molecule has 0 aliphatic carbocycles. The maximum Gasteiger partial charge on any atom is 0.258 e. The van der Waals surface area contributed by atoms with E-state index in [9.17, 15) is 4.79 Å². The molecule has 0 aliphatic rings. The Hall–Kier alpha value is -1.55. The molecule has 0 saturated heterocycles. The first-order chi connectivity index (χ1) is 8.65. The smallest absolute Gasteiger partial charge is 0.258 e. The van der Waals surface area contributed by atoms with Gasteiger partial charge in [0.15, 0.2) is 6.61 Å². The predicted octanol–water partition coefficient (Wildman–Crippen LogP) is 1.51. The van der Waals surface area contributed by atoms with Gasteiger partial charge in [-0.1, -0.05) is 19.1 Å². The first-order valence-corrected chi connectivity index (χ1v) is 6.27. The van der Waals surface area contributed by atoms with Crippen molar-refractivity contribution in [3.05, 3.63) is 29.8 Å². The first kappa shape index (κ1) is 14.5. The van der Waals surface area contributed by atoms with E-state index >= 15 is 0 Å². The zero-order chi connectivity index (χ0) is 13.4. The van der Waals surface area contributed by atoms with E-state index in [0.717, 1.165) is 6.42 Å². The molecule has 1 amide bonds. The molecule has 18 heavy (non-hydrogen) atoms. The molecule has 4 heteroatoms. The van der Waals surface area contributed by atoms with Gasteiger partial charge < -0.3 is 15.2 Å². The Morgan fingerprint density at radius 1 is 1.39 bits per heavy atom. The summed E-state index contributed by atoms with van der Waals surface area (Å²) in [6, 6.07) is 7.67. The largest absolute Gasteiger partial charge is 0.484 e. The summed E-state index contributed by atoms with van der Waals surface area (Å²) >= 11 is 0. The first-order valence-electron chi connectivity index (χ1n) is 6.27. The van der Waals surface area contributed by atoms with Gasteiger partial charge in [0.2, 0.25) is 0 Å². The van der Waals surface area contributed by atoms with Gasteiger partial charge in [0.05, 0.1) is 0 Å². The maximum absolute atomic E-state index is 11.5. The number of rotatable bonds is 7. The molecule has 1 aromatic carbocycles. The number of amides is 1. The van der Waals surface area contributed by atoms with Crippen molar-refractivity contribution in [3.8, 4) is 5.75 Å². The molecule has 4 nitrogen and oxygen atoms in total. The highest BCUT2D eigenvalue weighted by Crippen LogP contribution is 2.12. The van der Waals surface area contributed by atoms with E-state index in [1.165, 1.54) is 5.56 Å². The van der Waals surface area contributed by atoms with Crippen LogP contribution in [-0.2, 0) is 11.2 Å². The summed E-state index contributed by atoms with van der Waals surface area (Å²) < 4.78 is 5.37. The van der Waals surface area contributed by atoms with Gasteiger partial charge in [-0.05, 0) is 37.5 Å². The van der Waals surface area contributed by atoms with E-state index in [1.807, 2.05) is 31.2 Å². The van der Waals surface area contributed by atoms with E-state index in [-0.39, 0.29) is 25.2 Å². The Balaban J connectivity index is 2.33. The van der Waals surface area contributed by atoms with E-state index in [2.05, 4.69) is 12.2 Å². The number of carbonyl (C=O) groups is 1. The van der Waals surface area contributed by atoms with Crippen LogP contribution >= 0.6 is 0 Å².